The Kier molecular flexibility index (Phi) is 8.25. The molecule has 0 saturated carbocycles. The first-order valence-corrected chi connectivity index (χ1v) is 12.4. The van der Waals surface area contributed by atoms with Crippen molar-refractivity contribution >= 4 is 56.9 Å². The van der Waals surface area contributed by atoms with Crippen LogP contribution >= 0.6 is 22.9 Å². The van der Waals surface area contributed by atoms with E-state index in [1.165, 1.54) is 7.11 Å². The molecule has 0 amide bonds. The molecule has 4 rings (SSSR count). The van der Waals surface area contributed by atoms with E-state index in [0.717, 1.165) is 38.8 Å². The van der Waals surface area contributed by atoms with Gasteiger partial charge in [-0.25, -0.2) is 9.59 Å². The minimum absolute atomic E-state index is 0.135. The topological polar surface area (TPSA) is 127 Å². The largest absolute Gasteiger partial charge is 0.492 e. The number of hydrogen-bond acceptors (Lipinski definition) is 7. The van der Waals surface area contributed by atoms with Gasteiger partial charge in [0.25, 0.3) is 0 Å². The van der Waals surface area contributed by atoms with Crippen LogP contribution in [-0.2, 0) is 21.0 Å². The first-order valence-electron chi connectivity index (χ1n) is 11.2. The molecule has 1 heterocycles. The van der Waals surface area contributed by atoms with Gasteiger partial charge in [0.05, 0.1) is 16.8 Å². The zero-order valence-corrected chi connectivity index (χ0v) is 21.5. The molecule has 0 saturated heterocycles. The van der Waals surface area contributed by atoms with Gasteiger partial charge in [0.1, 0.15) is 30.8 Å². The molecule has 0 spiro atoms. The second kappa shape index (κ2) is 11.8. The van der Waals surface area contributed by atoms with Crippen LogP contribution in [0.4, 0.5) is 0 Å². The molecular formula is C27H21ClN2O7S. The predicted molar refractivity (Wildman–Crippen MR) is 145 cm³/mol. The van der Waals surface area contributed by atoms with E-state index in [9.17, 15) is 14.4 Å². The summed E-state index contributed by atoms with van der Waals surface area (Å²) in [7, 11) is 1.46. The summed E-state index contributed by atoms with van der Waals surface area (Å²) in [5.74, 6) is -2.55. The van der Waals surface area contributed by atoms with Crippen molar-refractivity contribution in [2.45, 2.75) is 6.54 Å². The smallest absolute Gasteiger partial charge is 0.343 e. The number of ether oxygens (including phenoxy) is 1. The van der Waals surface area contributed by atoms with Gasteiger partial charge in [-0.05, 0) is 48.0 Å². The average Bonchev–Trinajstić information content (AvgIpc) is 3.20. The number of halogens is 1. The van der Waals surface area contributed by atoms with Crippen LogP contribution in [0.1, 0.15) is 16.7 Å². The molecule has 1 aromatic heterocycles. The molecule has 38 heavy (non-hydrogen) atoms. The van der Waals surface area contributed by atoms with Crippen LogP contribution in [0, 0.1) is 0 Å². The van der Waals surface area contributed by atoms with E-state index in [4.69, 9.17) is 31.4 Å². The Morgan fingerprint density at radius 2 is 1.74 bits per heavy atom. The normalized spacial score (nSPS) is 11.3. The molecule has 0 fully saturated rings. The lowest BCUT2D eigenvalue weighted by Gasteiger charge is -2.09. The van der Waals surface area contributed by atoms with E-state index in [1.807, 2.05) is 30.3 Å². The molecule has 0 aliphatic rings. The van der Waals surface area contributed by atoms with Crippen LogP contribution in [-0.4, -0.2) is 46.1 Å². The van der Waals surface area contributed by atoms with E-state index in [2.05, 4.69) is 5.16 Å². The number of carboxylic acid groups (broad SMARTS) is 2. The summed E-state index contributed by atoms with van der Waals surface area (Å²) in [6.45, 7) is 0.506. The second-order valence-electron chi connectivity index (χ2n) is 7.92. The van der Waals surface area contributed by atoms with Crippen molar-refractivity contribution in [2.75, 3.05) is 13.7 Å². The van der Waals surface area contributed by atoms with Crippen molar-refractivity contribution in [1.82, 2.24) is 4.57 Å². The van der Waals surface area contributed by atoms with Crippen LogP contribution in [0.5, 0.6) is 5.75 Å². The number of hydrogen-bond donors (Lipinski definition) is 2. The first-order chi connectivity index (χ1) is 18.3. The lowest BCUT2D eigenvalue weighted by molar-refractivity contribution is -0.140. The third-order valence-electron chi connectivity index (χ3n) is 5.46. The summed E-state index contributed by atoms with van der Waals surface area (Å²) in [6, 6.07) is 19.1. The number of oxime groups is 1. The number of aliphatic carboxylic acids is 2. The molecule has 3 aromatic carbocycles. The molecule has 0 aliphatic heterocycles. The van der Waals surface area contributed by atoms with Gasteiger partial charge in [-0.15, -0.1) is 0 Å². The summed E-state index contributed by atoms with van der Waals surface area (Å²) in [5.41, 5.74) is 2.56. The standard InChI is InChI=1S/C27H21ClN2O7S/c1-36-29-24(17-3-2-4-19(28)14-17)18-7-10-22-23(15-18)38-27(35)30(22)11-12-37-20-8-5-16(6-9-20)13-21(25(31)32)26(33)34/h2-10,13-15H,11-12H2,1H3,(H,31,32)(H,33,34)/b29-24-. The molecule has 0 aliphatic carbocycles. The van der Waals surface area contributed by atoms with Crippen LogP contribution < -0.4 is 9.61 Å². The zero-order chi connectivity index (χ0) is 27.2. The minimum atomic E-state index is -1.52. The number of fused-ring (bicyclic) bond motifs is 1. The SMILES string of the molecule is CO/N=C(/c1cccc(Cl)c1)c1ccc2c(c1)sc(=O)n2CCOc1ccc(C=C(C(=O)O)C(=O)O)cc1. The molecule has 0 atom stereocenters. The Morgan fingerprint density at radius 3 is 2.39 bits per heavy atom. The van der Waals surface area contributed by atoms with E-state index in [0.29, 0.717) is 28.6 Å². The highest BCUT2D eigenvalue weighted by Crippen LogP contribution is 2.23. The number of aromatic nitrogens is 1. The summed E-state index contributed by atoms with van der Waals surface area (Å²) in [4.78, 5) is 39.7. The molecular weight excluding hydrogens is 532 g/mol. The van der Waals surface area contributed by atoms with Gasteiger partial charge in [0.15, 0.2) is 0 Å². The van der Waals surface area contributed by atoms with Crippen molar-refractivity contribution in [1.29, 1.82) is 0 Å². The number of carbonyl (C=O) groups is 2. The zero-order valence-electron chi connectivity index (χ0n) is 20.0. The van der Waals surface area contributed by atoms with Crippen molar-refractivity contribution in [3.63, 3.8) is 0 Å². The fourth-order valence-corrected chi connectivity index (χ4v) is 4.87. The first kappa shape index (κ1) is 26.6. The van der Waals surface area contributed by atoms with Crippen molar-refractivity contribution in [2.24, 2.45) is 5.16 Å². The van der Waals surface area contributed by atoms with Gasteiger partial charge in [-0.3, -0.25) is 9.36 Å². The number of carboxylic acids is 2. The van der Waals surface area contributed by atoms with Crippen LogP contribution in [0.2, 0.25) is 5.02 Å². The van der Waals surface area contributed by atoms with E-state index < -0.39 is 17.5 Å². The Hall–Kier alpha value is -4.41. The predicted octanol–water partition coefficient (Wildman–Crippen LogP) is 4.75. The van der Waals surface area contributed by atoms with Crippen LogP contribution in [0.15, 0.2) is 82.3 Å². The highest BCUT2D eigenvalue weighted by Gasteiger charge is 2.16. The van der Waals surface area contributed by atoms with Crippen LogP contribution in [0.3, 0.4) is 0 Å². The summed E-state index contributed by atoms with van der Waals surface area (Å²) < 4.78 is 8.15. The van der Waals surface area contributed by atoms with Crippen molar-refractivity contribution in [3.05, 3.63) is 104 Å². The molecule has 4 aromatic rings. The molecule has 2 N–H and O–H groups in total. The third-order valence-corrected chi connectivity index (χ3v) is 6.63. The van der Waals surface area contributed by atoms with E-state index in [-0.39, 0.29) is 11.5 Å². The van der Waals surface area contributed by atoms with E-state index in [1.54, 1.807) is 41.0 Å². The summed E-state index contributed by atoms with van der Waals surface area (Å²) >= 11 is 7.26. The minimum Gasteiger partial charge on any atom is -0.492 e. The molecule has 0 unspecified atom stereocenters. The lowest BCUT2D eigenvalue weighted by atomic mass is 10.0. The van der Waals surface area contributed by atoms with Gasteiger partial charge in [-0.2, -0.15) is 0 Å². The second-order valence-corrected chi connectivity index (χ2v) is 9.35. The highest BCUT2D eigenvalue weighted by atomic mass is 35.5. The quantitative estimate of drug-likeness (QED) is 0.0955. The number of thiazole rings is 1. The van der Waals surface area contributed by atoms with Crippen molar-refractivity contribution < 1.29 is 29.4 Å². The maximum Gasteiger partial charge on any atom is 0.343 e. The van der Waals surface area contributed by atoms with Gasteiger partial charge in [0.2, 0.25) is 0 Å². The third kappa shape index (κ3) is 6.10. The summed E-state index contributed by atoms with van der Waals surface area (Å²) in [6.07, 6.45) is 1.06. The molecule has 9 nitrogen and oxygen atoms in total. The molecule has 0 bridgehead atoms. The maximum absolute atomic E-state index is 12.7. The molecule has 0 radical (unpaired) electrons. The Labute approximate surface area is 225 Å². The molecule has 11 heteroatoms. The summed E-state index contributed by atoms with van der Waals surface area (Å²) in [5, 5.41) is 22.7. The van der Waals surface area contributed by atoms with Crippen molar-refractivity contribution in [3.8, 4) is 5.75 Å². The van der Waals surface area contributed by atoms with Gasteiger partial charge >= 0.3 is 16.8 Å². The monoisotopic (exact) mass is 552 g/mol. The maximum atomic E-state index is 12.7. The Bertz CT molecular complexity index is 1600. The van der Waals surface area contributed by atoms with E-state index >= 15 is 0 Å². The average molecular weight is 553 g/mol. The van der Waals surface area contributed by atoms with Gasteiger partial charge in [0, 0.05) is 16.1 Å². The fourth-order valence-electron chi connectivity index (χ4n) is 3.72. The fraction of sp³-hybridized carbons (Fsp3) is 0.111. The number of benzene rings is 3. The highest BCUT2D eigenvalue weighted by molar-refractivity contribution is 7.16. The van der Waals surface area contributed by atoms with Gasteiger partial charge in [-0.1, -0.05) is 58.4 Å². The Morgan fingerprint density at radius 1 is 1.03 bits per heavy atom. The molecule has 194 valence electrons. The van der Waals surface area contributed by atoms with Gasteiger partial charge < -0.3 is 19.8 Å². The lowest BCUT2D eigenvalue weighted by Crippen LogP contribution is -2.17. The number of rotatable bonds is 10. The van der Waals surface area contributed by atoms with Crippen LogP contribution in [0.25, 0.3) is 16.3 Å². The number of nitrogens with zero attached hydrogens (tertiary/aromatic N) is 2. The Balaban J connectivity index is 1.49.